The molecule has 5 nitrogen and oxygen atoms in total. The predicted octanol–water partition coefficient (Wildman–Crippen LogP) is -0.372. The average molecular weight is 207 g/mol. The summed E-state index contributed by atoms with van der Waals surface area (Å²) in [6.07, 6.45) is 3.12. The van der Waals surface area contributed by atoms with E-state index in [9.17, 15) is 0 Å². The SMILES string of the molecule is NC1CCn2c(nnc2C2CCNC2)C1. The molecule has 3 heterocycles. The highest BCUT2D eigenvalue weighted by atomic mass is 15.3. The van der Waals surface area contributed by atoms with E-state index < -0.39 is 0 Å². The van der Waals surface area contributed by atoms with Crippen LogP contribution in [-0.4, -0.2) is 33.9 Å². The number of hydrogen-bond donors (Lipinski definition) is 2. The Balaban J connectivity index is 1.90. The van der Waals surface area contributed by atoms with Gasteiger partial charge in [0.05, 0.1) is 0 Å². The zero-order chi connectivity index (χ0) is 10.3. The normalized spacial score (nSPS) is 30.5. The Morgan fingerprint density at radius 3 is 3.07 bits per heavy atom. The average Bonchev–Trinajstić information content (AvgIpc) is 2.82. The summed E-state index contributed by atoms with van der Waals surface area (Å²) in [6.45, 7) is 3.14. The van der Waals surface area contributed by atoms with Gasteiger partial charge in [0.2, 0.25) is 0 Å². The minimum atomic E-state index is 0.274. The van der Waals surface area contributed by atoms with E-state index in [1.165, 1.54) is 12.2 Å². The molecule has 2 atom stereocenters. The van der Waals surface area contributed by atoms with Crippen LogP contribution in [0, 0.1) is 0 Å². The van der Waals surface area contributed by atoms with Crippen molar-refractivity contribution in [3.8, 4) is 0 Å². The van der Waals surface area contributed by atoms with Crippen LogP contribution in [0.15, 0.2) is 0 Å². The van der Waals surface area contributed by atoms with Gasteiger partial charge in [0.25, 0.3) is 0 Å². The predicted molar refractivity (Wildman–Crippen MR) is 56.5 cm³/mol. The number of rotatable bonds is 1. The molecule has 0 amide bonds. The van der Waals surface area contributed by atoms with Gasteiger partial charge in [-0.25, -0.2) is 0 Å². The lowest BCUT2D eigenvalue weighted by Crippen LogP contribution is -2.31. The fourth-order valence-corrected chi connectivity index (χ4v) is 2.55. The molecule has 3 rings (SSSR count). The van der Waals surface area contributed by atoms with Gasteiger partial charge in [0.15, 0.2) is 0 Å². The number of nitrogens with zero attached hydrogens (tertiary/aromatic N) is 3. The Bertz CT molecular complexity index is 353. The molecule has 0 aliphatic carbocycles. The summed E-state index contributed by atoms with van der Waals surface area (Å²) in [7, 11) is 0. The maximum Gasteiger partial charge on any atom is 0.137 e. The smallest absolute Gasteiger partial charge is 0.137 e. The first-order valence-corrected chi connectivity index (χ1v) is 5.73. The van der Waals surface area contributed by atoms with E-state index in [4.69, 9.17) is 5.73 Å². The quantitative estimate of drug-likeness (QED) is 0.659. The number of fused-ring (bicyclic) bond motifs is 1. The van der Waals surface area contributed by atoms with E-state index in [1.54, 1.807) is 0 Å². The van der Waals surface area contributed by atoms with Crippen molar-refractivity contribution in [2.45, 2.75) is 37.8 Å². The molecule has 1 aromatic rings. The highest BCUT2D eigenvalue weighted by molar-refractivity contribution is 5.08. The van der Waals surface area contributed by atoms with Crippen LogP contribution in [-0.2, 0) is 13.0 Å². The lowest BCUT2D eigenvalue weighted by atomic mass is 10.0. The van der Waals surface area contributed by atoms with Crippen molar-refractivity contribution in [1.29, 1.82) is 0 Å². The molecule has 0 aromatic carbocycles. The van der Waals surface area contributed by atoms with Crippen molar-refractivity contribution in [2.24, 2.45) is 5.73 Å². The van der Waals surface area contributed by atoms with E-state index in [-0.39, 0.29) is 6.04 Å². The Labute approximate surface area is 89.1 Å². The van der Waals surface area contributed by atoms with Gasteiger partial charge in [-0.1, -0.05) is 0 Å². The third-order valence-corrected chi connectivity index (χ3v) is 3.45. The molecule has 1 saturated heterocycles. The molecule has 1 fully saturated rings. The molecule has 2 aliphatic rings. The second-order valence-corrected chi connectivity index (χ2v) is 4.57. The molecule has 15 heavy (non-hydrogen) atoms. The number of nitrogens with one attached hydrogen (secondary N) is 1. The van der Waals surface area contributed by atoms with E-state index in [2.05, 4.69) is 20.1 Å². The fraction of sp³-hybridized carbons (Fsp3) is 0.800. The Morgan fingerprint density at radius 2 is 2.27 bits per heavy atom. The summed E-state index contributed by atoms with van der Waals surface area (Å²) in [5, 5.41) is 12.0. The van der Waals surface area contributed by atoms with Crippen molar-refractivity contribution in [2.75, 3.05) is 13.1 Å². The molecule has 2 aliphatic heterocycles. The number of nitrogens with two attached hydrogens (primary N) is 1. The topological polar surface area (TPSA) is 68.8 Å². The van der Waals surface area contributed by atoms with Gasteiger partial charge in [0, 0.05) is 31.5 Å². The van der Waals surface area contributed by atoms with E-state index >= 15 is 0 Å². The third kappa shape index (κ3) is 1.55. The van der Waals surface area contributed by atoms with Gasteiger partial charge in [0.1, 0.15) is 11.6 Å². The largest absolute Gasteiger partial charge is 0.327 e. The first-order chi connectivity index (χ1) is 7.34. The fourth-order valence-electron chi connectivity index (χ4n) is 2.55. The van der Waals surface area contributed by atoms with Gasteiger partial charge in [-0.05, 0) is 19.4 Å². The number of aromatic nitrogens is 3. The minimum Gasteiger partial charge on any atom is -0.327 e. The molecule has 0 spiro atoms. The molecule has 0 saturated carbocycles. The summed E-state index contributed by atoms with van der Waals surface area (Å²) >= 11 is 0. The van der Waals surface area contributed by atoms with Crippen molar-refractivity contribution < 1.29 is 0 Å². The van der Waals surface area contributed by atoms with Crippen LogP contribution in [0.4, 0.5) is 0 Å². The van der Waals surface area contributed by atoms with Gasteiger partial charge in [-0.3, -0.25) is 0 Å². The molecule has 0 radical (unpaired) electrons. The molecule has 3 N–H and O–H groups in total. The molecule has 82 valence electrons. The van der Waals surface area contributed by atoms with E-state index in [0.29, 0.717) is 5.92 Å². The second kappa shape index (κ2) is 3.57. The lowest BCUT2D eigenvalue weighted by molar-refractivity contribution is 0.446. The van der Waals surface area contributed by atoms with Crippen LogP contribution in [0.5, 0.6) is 0 Å². The van der Waals surface area contributed by atoms with E-state index in [0.717, 1.165) is 38.3 Å². The summed E-state index contributed by atoms with van der Waals surface area (Å²) in [6, 6.07) is 0.274. The zero-order valence-corrected chi connectivity index (χ0v) is 8.82. The van der Waals surface area contributed by atoms with Crippen LogP contribution in [0.25, 0.3) is 0 Å². The molecule has 1 aromatic heterocycles. The number of hydrogen-bond acceptors (Lipinski definition) is 4. The molecule has 0 bridgehead atoms. The Kier molecular flexibility index (Phi) is 2.21. The second-order valence-electron chi connectivity index (χ2n) is 4.57. The lowest BCUT2D eigenvalue weighted by Gasteiger charge is -2.21. The maximum absolute atomic E-state index is 5.92. The van der Waals surface area contributed by atoms with Crippen molar-refractivity contribution in [3.05, 3.63) is 11.6 Å². The van der Waals surface area contributed by atoms with Crippen molar-refractivity contribution >= 4 is 0 Å². The van der Waals surface area contributed by atoms with Gasteiger partial charge >= 0.3 is 0 Å². The summed E-state index contributed by atoms with van der Waals surface area (Å²) in [4.78, 5) is 0. The van der Waals surface area contributed by atoms with Crippen LogP contribution < -0.4 is 11.1 Å². The monoisotopic (exact) mass is 207 g/mol. The maximum atomic E-state index is 5.92. The van der Waals surface area contributed by atoms with Gasteiger partial charge in [-0.15, -0.1) is 10.2 Å². The Hall–Kier alpha value is -0.940. The van der Waals surface area contributed by atoms with E-state index in [1.807, 2.05) is 0 Å². The molecule has 5 heteroatoms. The third-order valence-electron chi connectivity index (χ3n) is 3.45. The molecular formula is C10H17N5. The Morgan fingerprint density at radius 1 is 1.33 bits per heavy atom. The van der Waals surface area contributed by atoms with Gasteiger partial charge in [-0.2, -0.15) is 0 Å². The highest BCUT2D eigenvalue weighted by Gasteiger charge is 2.26. The standard InChI is InChI=1S/C10H17N5/c11-8-2-4-15-9(5-8)13-14-10(15)7-1-3-12-6-7/h7-8,12H,1-6,11H2. The highest BCUT2D eigenvalue weighted by Crippen LogP contribution is 2.24. The summed E-state index contributed by atoms with van der Waals surface area (Å²) < 4.78 is 2.28. The molecule has 2 unspecified atom stereocenters. The van der Waals surface area contributed by atoms with Crippen LogP contribution in [0.3, 0.4) is 0 Å². The van der Waals surface area contributed by atoms with Crippen molar-refractivity contribution in [3.63, 3.8) is 0 Å². The molecular weight excluding hydrogens is 190 g/mol. The summed E-state index contributed by atoms with van der Waals surface area (Å²) in [5.74, 6) is 2.80. The summed E-state index contributed by atoms with van der Waals surface area (Å²) in [5.41, 5.74) is 5.92. The first kappa shape index (κ1) is 9.30. The zero-order valence-electron chi connectivity index (χ0n) is 8.82. The minimum absolute atomic E-state index is 0.274. The van der Waals surface area contributed by atoms with Crippen LogP contribution in [0.1, 0.15) is 30.4 Å². The van der Waals surface area contributed by atoms with Crippen molar-refractivity contribution in [1.82, 2.24) is 20.1 Å². The van der Waals surface area contributed by atoms with Crippen LogP contribution >= 0.6 is 0 Å². The van der Waals surface area contributed by atoms with Crippen LogP contribution in [0.2, 0.25) is 0 Å². The first-order valence-electron chi connectivity index (χ1n) is 5.73. The van der Waals surface area contributed by atoms with Gasteiger partial charge < -0.3 is 15.6 Å².